The van der Waals surface area contributed by atoms with E-state index in [0.29, 0.717) is 46.0 Å². The van der Waals surface area contributed by atoms with Crippen LogP contribution >= 0.6 is 0 Å². The van der Waals surface area contributed by atoms with E-state index in [9.17, 15) is 9.59 Å². The Hall–Kier alpha value is -4.12. The molecule has 0 N–H and O–H groups in total. The zero-order valence-corrected chi connectivity index (χ0v) is 18.7. The fraction of sp³-hybridized carbons (Fsp3) is 0.172. The maximum absolute atomic E-state index is 13.7. The lowest BCUT2D eigenvalue weighted by atomic mass is 9.96. The number of carbonyl (C=O) groups is 1. The summed E-state index contributed by atoms with van der Waals surface area (Å²) in [6.45, 7) is 2.54. The molecule has 34 heavy (non-hydrogen) atoms. The monoisotopic (exact) mass is 450 g/mol. The minimum Gasteiger partial charge on any atom is -0.493 e. The molecule has 0 radical (unpaired) electrons. The summed E-state index contributed by atoms with van der Waals surface area (Å²) in [6.07, 6.45) is 2.39. The van der Waals surface area contributed by atoms with Gasteiger partial charge < -0.3 is 13.6 Å². The van der Waals surface area contributed by atoms with E-state index in [4.69, 9.17) is 13.6 Å². The number of hydrogen-bond donors (Lipinski definition) is 0. The molecule has 5 nitrogen and oxygen atoms in total. The largest absolute Gasteiger partial charge is 0.493 e. The molecule has 2 heterocycles. The highest BCUT2D eigenvalue weighted by Crippen LogP contribution is 2.40. The maximum Gasteiger partial charge on any atom is 0.336 e. The van der Waals surface area contributed by atoms with Gasteiger partial charge in [-0.25, -0.2) is 4.79 Å². The van der Waals surface area contributed by atoms with E-state index in [1.165, 1.54) is 18.9 Å². The molecule has 5 heteroatoms. The molecule has 1 aliphatic carbocycles. The first-order chi connectivity index (χ1) is 16.6. The van der Waals surface area contributed by atoms with Gasteiger partial charge in [0.25, 0.3) is 0 Å². The van der Waals surface area contributed by atoms with E-state index in [1.807, 2.05) is 61.5 Å². The third-order valence-electron chi connectivity index (χ3n) is 6.32. The van der Waals surface area contributed by atoms with Gasteiger partial charge in [-0.3, -0.25) is 4.79 Å². The molecule has 1 saturated carbocycles. The molecule has 0 unspecified atom stereocenters. The van der Waals surface area contributed by atoms with E-state index in [2.05, 4.69) is 0 Å². The zero-order valence-electron chi connectivity index (χ0n) is 18.7. The number of ether oxygens (including phenoxy) is 1. The van der Waals surface area contributed by atoms with E-state index in [1.54, 1.807) is 12.1 Å². The molecule has 1 aliphatic rings. The molecular weight excluding hydrogens is 428 g/mol. The van der Waals surface area contributed by atoms with Gasteiger partial charge in [0.1, 0.15) is 16.9 Å². The molecule has 2 aromatic heterocycles. The summed E-state index contributed by atoms with van der Waals surface area (Å²) in [5, 5.41) is 1.42. The number of rotatable bonds is 6. The normalized spacial score (nSPS) is 13.4. The van der Waals surface area contributed by atoms with Gasteiger partial charge in [-0.1, -0.05) is 42.5 Å². The van der Waals surface area contributed by atoms with Gasteiger partial charge in [-0.05, 0) is 61.1 Å². The first kappa shape index (κ1) is 20.5. The van der Waals surface area contributed by atoms with Crippen molar-refractivity contribution in [1.82, 2.24) is 0 Å². The maximum atomic E-state index is 13.7. The molecule has 5 aromatic rings. The van der Waals surface area contributed by atoms with Gasteiger partial charge >= 0.3 is 5.63 Å². The van der Waals surface area contributed by atoms with Crippen LogP contribution in [0.3, 0.4) is 0 Å². The smallest absolute Gasteiger partial charge is 0.336 e. The molecule has 1 fully saturated rings. The number of benzene rings is 3. The lowest BCUT2D eigenvalue weighted by Crippen LogP contribution is -2.04. The van der Waals surface area contributed by atoms with Crippen molar-refractivity contribution < 1.29 is 18.4 Å². The second kappa shape index (κ2) is 8.03. The number of carbonyl (C=O) groups excluding carboxylic acids is 1. The van der Waals surface area contributed by atoms with Crippen molar-refractivity contribution in [3.63, 3.8) is 0 Å². The summed E-state index contributed by atoms with van der Waals surface area (Å²) in [5.41, 5.74) is 3.18. The SMILES string of the molecule is Cc1cc(=O)oc2c1ccc1oc(C(=O)c3cccc(OCC4CC4)c3)c(-c3ccccc3)c12. The van der Waals surface area contributed by atoms with Crippen LogP contribution in [0.2, 0.25) is 0 Å². The van der Waals surface area contributed by atoms with Crippen LogP contribution in [-0.2, 0) is 0 Å². The Kier molecular flexibility index (Phi) is 4.84. The first-order valence-electron chi connectivity index (χ1n) is 11.4. The third kappa shape index (κ3) is 3.59. The first-order valence-corrected chi connectivity index (χ1v) is 11.4. The molecule has 168 valence electrons. The molecule has 0 atom stereocenters. The number of aryl methyl sites for hydroxylation is 1. The van der Waals surface area contributed by atoms with Gasteiger partial charge in [0.2, 0.25) is 5.78 Å². The summed E-state index contributed by atoms with van der Waals surface area (Å²) in [5.74, 6) is 1.24. The van der Waals surface area contributed by atoms with Crippen molar-refractivity contribution in [2.45, 2.75) is 19.8 Å². The van der Waals surface area contributed by atoms with Gasteiger partial charge in [0.15, 0.2) is 5.76 Å². The number of fused-ring (bicyclic) bond motifs is 3. The summed E-state index contributed by atoms with van der Waals surface area (Å²) in [6, 6.07) is 21.9. The molecule has 6 rings (SSSR count). The summed E-state index contributed by atoms with van der Waals surface area (Å²) >= 11 is 0. The standard InChI is InChI=1S/C29H22O5/c1-17-14-24(30)34-28-22(17)12-13-23-26(28)25(19-6-3-2-4-7-19)29(33-23)27(31)20-8-5-9-21(15-20)32-16-18-10-11-18/h2-9,12-15,18H,10-11,16H2,1H3. The van der Waals surface area contributed by atoms with E-state index in [0.717, 1.165) is 16.5 Å². The average molecular weight is 450 g/mol. The fourth-order valence-electron chi connectivity index (χ4n) is 4.36. The highest BCUT2D eigenvalue weighted by atomic mass is 16.5. The number of hydrogen-bond acceptors (Lipinski definition) is 5. The second-order valence-electron chi connectivity index (χ2n) is 8.85. The van der Waals surface area contributed by atoms with Crippen LogP contribution < -0.4 is 10.4 Å². The molecule has 0 spiro atoms. The molecule has 3 aromatic carbocycles. The minimum atomic E-state index is -0.439. The van der Waals surface area contributed by atoms with Crippen LogP contribution in [0.1, 0.15) is 34.5 Å². The van der Waals surface area contributed by atoms with Crippen LogP contribution in [0.4, 0.5) is 0 Å². The van der Waals surface area contributed by atoms with Crippen LogP contribution in [0.25, 0.3) is 33.1 Å². The van der Waals surface area contributed by atoms with Crippen molar-refractivity contribution in [3.05, 3.63) is 100 Å². The second-order valence-corrected chi connectivity index (χ2v) is 8.85. The predicted octanol–water partition coefficient (Wildman–Crippen LogP) is 6.53. The number of ketones is 1. The summed E-state index contributed by atoms with van der Waals surface area (Å²) < 4.78 is 17.7. The molecule has 0 aliphatic heterocycles. The predicted molar refractivity (Wildman–Crippen MR) is 131 cm³/mol. The van der Waals surface area contributed by atoms with Gasteiger partial charge in [-0.2, -0.15) is 0 Å². The highest BCUT2D eigenvalue weighted by Gasteiger charge is 2.26. The quantitative estimate of drug-likeness (QED) is 0.217. The van der Waals surface area contributed by atoms with Crippen molar-refractivity contribution in [2.24, 2.45) is 5.92 Å². The zero-order chi connectivity index (χ0) is 23.2. The van der Waals surface area contributed by atoms with Crippen LogP contribution in [0.15, 0.2) is 86.4 Å². The Labute approximate surface area is 195 Å². The lowest BCUT2D eigenvalue weighted by Gasteiger charge is -2.08. The van der Waals surface area contributed by atoms with Crippen molar-refractivity contribution >= 4 is 27.7 Å². The third-order valence-corrected chi connectivity index (χ3v) is 6.32. The van der Waals surface area contributed by atoms with Crippen LogP contribution in [0.5, 0.6) is 5.75 Å². The van der Waals surface area contributed by atoms with Gasteiger partial charge in [0.05, 0.1) is 12.0 Å². The van der Waals surface area contributed by atoms with Crippen molar-refractivity contribution in [2.75, 3.05) is 6.61 Å². The summed E-state index contributed by atoms with van der Waals surface area (Å²) in [7, 11) is 0. The summed E-state index contributed by atoms with van der Waals surface area (Å²) in [4.78, 5) is 26.0. The molecular formula is C29H22O5. The van der Waals surface area contributed by atoms with E-state index < -0.39 is 5.63 Å². The van der Waals surface area contributed by atoms with Gasteiger partial charge in [0, 0.05) is 22.6 Å². The molecule has 0 bridgehead atoms. The van der Waals surface area contributed by atoms with E-state index >= 15 is 0 Å². The van der Waals surface area contributed by atoms with Gasteiger partial charge in [-0.15, -0.1) is 0 Å². The number of furan rings is 1. The Morgan fingerprint density at radius 2 is 1.79 bits per heavy atom. The molecule has 0 amide bonds. The van der Waals surface area contributed by atoms with E-state index in [-0.39, 0.29) is 11.5 Å². The van der Waals surface area contributed by atoms with Crippen molar-refractivity contribution in [3.8, 4) is 16.9 Å². The average Bonchev–Trinajstić information content (AvgIpc) is 3.60. The lowest BCUT2D eigenvalue weighted by molar-refractivity contribution is 0.101. The molecule has 0 saturated heterocycles. The van der Waals surface area contributed by atoms with Crippen LogP contribution in [-0.4, -0.2) is 12.4 Å². The van der Waals surface area contributed by atoms with Crippen molar-refractivity contribution in [1.29, 1.82) is 0 Å². The Balaban J connectivity index is 1.56. The highest BCUT2D eigenvalue weighted by molar-refractivity contribution is 6.20. The Morgan fingerprint density at radius 3 is 2.59 bits per heavy atom. The Morgan fingerprint density at radius 1 is 0.971 bits per heavy atom. The van der Waals surface area contributed by atoms with Crippen LogP contribution in [0, 0.1) is 12.8 Å². The Bertz CT molecular complexity index is 1600. The fourth-order valence-corrected chi connectivity index (χ4v) is 4.36. The minimum absolute atomic E-state index is 0.206. The topological polar surface area (TPSA) is 69.7 Å².